The van der Waals surface area contributed by atoms with Crippen LogP contribution >= 0.6 is 0 Å². The lowest BCUT2D eigenvalue weighted by Crippen LogP contribution is -2.40. The fourth-order valence-electron chi connectivity index (χ4n) is 4.84. The average Bonchev–Trinajstić information content (AvgIpc) is 2.80. The van der Waals surface area contributed by atoms with Crippen molar-refractivity contribution >= 4 is 6.29 Å². The van der Waals surface area contributed by atoms with Gasteiger partial charge in [0.2, 0.25) is 0 Å². The van der Waals surface area contributed by atoms with Crippen LogP contribution in [0.15, 0.2) is 23.3 Å². The van der Waals surface area contributed by atoms with Gasteiger partial charge in [0.05, 0.1) is 6.10 Å². The zero-order chi connectivity index (χ0) is 16.3. The highest BCUT2D eigenvalue weighted by Crippen LogP contribution is 2.58. The van der Waals surface area contributed by atoms with E-state index in [1.165, 1.54) is 12.8 Å². The Morgan fingerprint density at radius 3 is 2.86 bits per heavy atom. The number of carbonyl (C=O) groups excluding carboxylic acids is 1. The molecule has 2 rings (SSSR count). The monoisotopic (exact) mass is 304 g/mol. The van der Waals surface area contributed by atoms with Crippen molar-refractivity contribution in [1.29, 1.82) is 0 Å². The molecule has 5 atom stereocenters. The van der Waals surface area contributed by atoms with Crippen molar-refractivity contribution in [3.05, 3.63) is 23.3 Å². The molecule has 1 saturated carbocycles. The van der Waals surface area contributed by atoms with Gasteiger partial charge in [-0.05, 0) is 86.7 Å². The normalized spacial score (nSPS) is 37.2. The summed E-state index contributed by atoms with van der Waals surface area (Å²) in [5.74, 6) is 2.05. The van der Waals surface area contributed by atoms with Gasteiger partial charge in [-0.25, -0.2) is 0 Å². The molecule has 2 aliphatic rings. The second-order valence-corrected chi connectivity index (χ2v) is 7.81. The van der Waals surface area contributed by atoms with Gasteiger partial charge < -0.3 is 5.11 Å². The Hall–Kier alpha value is -0.890. The van der Waals surface area contributed by atoms with E-state index in [2.05, 4.69) is 32.9 Å². The predicted octanol–water partition coefficient (Wildman–Crippen LogP) is 4.68. The van der Waals surface area contributed by atoms with Crippen molar-refractivity contribution in [3.63, 3.8) is 0 Å². The van der Waals surface area contributed by atoms with Gasteiger partial charge in [0.25, 0.3) is 0 Å². The predicted molar refractivity (Wildman–Crippen MR) is 91.5 cm³/mol. The molecule has 1 fully saturated rings. The maximum Gasteiger partial charge on any atom is 0.145 e. The van der Waals surface area contributed by atoms with Crippen molar-refractivity contribution in [2.75, 3.05) is 0 Å². The van der Waals surface area contributed by atoms with Crippen molar-refractivity contribution in [2.45, 2.75) is 72.3 Å². The first-order valence-electron chi connectivity index (χ1n) is 8.87. The Labute approximate surface area is 135 Å². The van der Waals surface area contributed by atoms with Crippen LogP contribution in [0, 0.1) is 23.2 Å². The zero-order valence-electron chi connectivity index (χ0n) is 14.6. The highest BCUT2D eigenvalue weighted by Gasteiger charge is 2.50. The minimum atomic E-state index is -0.249. The third kappa shape index (κ3) is 3.37. The molecule has 2 aliphatic carbocycles. The number of rotatable bonds is 5. The first-order chi connectivity index (χ1) is 10.4. The van der Waals surface area contributed by atoms with E-state index >= 15 is 0 Å². The lowest BCUT2D eigenvalue weighted by atomic mass is 9.60. The lowest BCUT2D eigenvalue weighted by Gasteiger charge is -2.45. The average molecular weight is 304 g/mol. The van der Waals surface area contributed by atoms with Crippen LogP contribution < -0.4 is 0 Å². The van der Waals surface area contributed by atoms with Gasteiger partial charge in [-0.3, -0.25) is 4.79 Å². The maximum atomic E-state index is 10.7. The number of aldehydes is 1. The van der Waals surface area contributed by atoms with E-state index in [4.69, 9.17) is 0 Å². The molecule has 0 heterocycles. The third-order valence-corrected chi connectivity index (χ3v) is 6.49. The molecule has 0 saturated heterocycles. The smallest absolute Gasteiger partial charge is 0.145 e. The fourth-order valence-corrected chi connectivity index (χ4v) is 4.84. The van der Waals surface area contributed by atoms with Gasteiger partial charge in [-0.15, -0.1) is 0 Å². The van der Waals surface area contributed by atoms with Crippen LogP contribution in [-0.4, -0.2) is 17.5 Å². The van der Waals surface area contributed by atoms with E-state index in [0.29, 0.717) is 23.2 Å². The number of allylic oxidation sites excluding steroid dienone is 3. The van der Waals surface area contributed by atoms with Crippen LogP contribution in [0.5, 0.6) is 0 Å². The van der Waals surface area contributed by atoms with E-state index in [9.17, 15) is 9.90 Å². The van der Waals surface area contributed by atoms with Crippen LogP contribution in [-0.2, 0) is 4.79 Å². The molecule has 0 aromatic rings. The molecule has 2 nitrogen and oxygen atoms in total. The van der Waals surface area contributed by atoms with E-state index in [1.807, 2.05) is 6.92 Å². The van der Waals surface area contributed by atoms with Gasteiger partial charge in [0, 0.05) is 0 Å². The molecule has 0 bridgehead atoms. The minimum Gasteiger partial charge on any atom is -0.389 e. The van der Waals surface area contributed by atoms with Gasteiger partial charge in [0.15, 0.2) is 0 Å². The second kappa shape index (κ2) is 7.12. The van der Waals surface area contributed by atoms with E-state index in [0.717, 1.165) is 43.1 Å². The third-order valence-electron chi connectivity index (χ3n) is 6.49. The summed E-state index contributed by atoms with van der Waals surface area (Å²) in [5.41, 5.74) is 2.29. The summed E-state index contributed by atoms with van der Waals surface area (Å²) in [4.78, 5) is 10.7. The molecular weight excluding hydrogens is 272 g/mol. The van der Waals surface area contributed by atoms with Crippen LogP contribution in [0.1, 0.15) is 66.2 Å². The summed E-state index contributed by atoms with van der Waals surface area (Å²) in [6, 6.07) is 0. The Morgan fingerprint density at radius 1 is 1.50 bits per heavy atom. The number of carbonyl (C=O) groups is 1. The van der Waals surface area contributed by atoms with Gasteiger partial charge in [-0.2, -0.15) is 0 Å². The van der Waals surface area contributed by atoms with Crippen molar-refractivity contribution in [1.82, 2.24) is 0 Å². The number of aliphatic hydroxyl groups excluding tert-OH is 1. The molecule has 5 unspecified atom stereocenters. The molecule has 124 valence electrons. The second-order valence-electron chi connectivity index (χ2n) is 7.81. The number of hydrogen-bond donors (Lipinski definition) is 1. The van der Waals surface area contributed by atoms with E-state index < -0.39 is 0 Å². The Balaban J connectivity index is 2.07. The summed E-state index contributed by atoms with van der Waals surface area (Å²) in [7, 11) is 0. The van der Waals surface area contributed by atoms with Crippen molar-refractivity contribution in [2.24, 2.45) is 23.2 Å². The first-order valence-corrected chi connectivity index (χ1v) is 8.87. The summed E-state index contributed by atoms with van der Waals surface area (Å²) in [6.07, 6.45) is 11.8. The minimum absolute atomic E-state index is 0.249. The fraction of sp³-hybridized carbons (Fsp3) is 0.750. The molecule has 0 aromatic heterocycles. The Kier molecular flexibility index (Phi) is 5.65. The summed E-state index contributed by atoms with van der Waals surface area (Å²) >= 11 is 0. The molecule has 0 radical (unpaired) electrons. The molecule has 0 amide bonds. The van der Waals surface area contributed by atoms with Gasteiger partial charge in [-0.1, -0.05) is 26.0 Å². The standard InChI is InChI=1S/C20H32O2/c1-14(13-21)6-5-7-15(2)18-9-8-17(4)20(18)11-10-16(3)19(22)12-20/h6,10,13,15,17-19,22H,5,7-9,11-12H2,1-4H3. The number of aliphatic hydroxyl groups is 1. The first kappa shape index (κ1) is 17.5. The van der Waals surface area contributed by atoms with Crippen molar-refractivity contribution < 1.29 is 9.90 Å². The Morgan fingerprint density at radius 2 is 2.23 bits per heavy atom. The maximum absolute atomic E-state index is 10.7. The number of hydrogen-bond acceptors (Lipinski definition) is 2. The van der Waals surface area contributed by atoms with Crippen LogP contribution in [0.4, 0.5) is 0 Å². The van der Waals surface area contributed by atoms with Crippen LogP contribution in [0.3, 0.4) is 0 Å². The zero-order valence-corrected chi connectivity index (χ0v) is 14.6. The van der Waals surface area contributed by atoms with Gasteiger partial charge >= 0.3 is 0 Å². The molecule has 1 spiro atoms. The van der Waals surface area contributed by atoms with Crippen molar-refractivity contribution in [3.8, 4) is 0 Å². The molecule has 22 heavy (non-hydrogen) atoms. The van der Waals surface area contributed by atoms with Gasteiger partial charge in [0.1, 0.15) is 6.29 Å². The lowest BCUT2D eigenvalue weighted by molar-refractivity contribution is -0.104. The summed E-state index contributed by atoms with van der Waals surface area (Å²) in [5, 5.41) is 10.4. The summed E-state index contributed by atoms with van der Waals surface area (Å²) < 4.78 is 0. The topological polar surface area (TPSA) is 37.3 Å². The van der Waals surface area contributed by atoms with Crippen LogP contribution in [0.25, 0.3) is 0 Å². The van der Waals surface area contributed by atoms with Crippen LogP contribution in [0.2, 0.25) is 0 Å². The van der Waals surface area contributed by atoms with E-state index in [-0.39, 0.29) is 6.10 Å². The highest BCUT2D eigenvalue weighted by molar-refractivity contribution is 5.71. The molecular formula is C20H32O2. The quantitative estimate of drug-likeness (QED) is 0.455. The largest absolute Gasteiger partial charge is 0.389 e. The summed E-state index contributed by atoms with van der Waals surface area (Å²) in [6.45, 7) is 8.68. The Bertz CT molecular complexity index is 462. The highest BCUT2D eigenvalue weighted by atomic mass is 16.3. The molecule has 1 N–H and O–H groups in total. The SMILES string of the molecule is CC(C=O)=CCCC(C)C1CCC(C)C12CC=C(C)C(O)C2. The van der Waals surface area contributed by atoms with E-state index in [1.54, 1.807) is 0 Å². The molecule has 0 aromatic carbocycles. The molecule has 2 heteroatoms. The molecule has 0 aliphatic heterocycles.